The summed E-state index contributed by atoms with van der Waals surface area (Å²) >= 11 is 1.69. The zero-order chi connectivity index (χ0) is 14.0. The van der Waals surface area contributed by atoms with Gasteiger partial charge in [0.1, 0.15) is 5.82 Å². The van der Waals surface area contributed by atoms with Gasteiger partial charge in [-0.3, -0.25) is 0 Å². The Kier molecular flexibility index (Phi) is 4.50. The van der Waals surface area contributed by atoms with Crippen LogP contribution in [0.15, 0.2) is 17.0 Å². The number of halogens is 1. The Morgan fingerprint density at radius 2 is 2.26 bits per heavy atom. The molecule has 106 valence electrons. The standard InChI is InChI=1S/C12H16FNO3S2/c1-8-11(13)4-9(6-15)5-12(8)19(16,17)14-10-2-3-18-7-10/h4-5,10,14-15H,2-3,6-7H2,1H3. The van der Waals surface area contributed by atoms with Crippen LogP contribution in [0.25, 0.3) is 0 Å². The third-order valence-electron chi connectivity index (χ3n) is 3.08. The van der Waals surface area contributed by atoms with Crippen LogP contribution >= 0.6 is 11.8 Å². The first-order valence-electron chi connectivity index (χ1n) is 5.94. The largest absolute Gasteiger partial charge is 0.392 e. The van der Waals surface area contributed by atoms with Crippen LogP contribution < -0.4 is 4.72 Å². The van der Waals surface area contributed by atoms with E-state index in [0.29, 0.717) is 0 Å². The summed E-state index contributed by atoms with van der Waals surface area (Å²) in [6, 6.07) is 2.37. The van der Waals surface area contributed by atoms with Gasteiger partial charge in [-0.15, -0.1) is 0 Å². The highest BCUT2D eigenvalue weighted by Gasteiger charge is 2.25. The molecule has 1 aliphatic heterocycles. The molecule has 1 aromatic carbocycles. The quantitative estimate of drug-likeness (QED) is 0.883. The number of nitrogens with one attached hydrogen (secondary N) is 1. The van der Waals surface area contributed by atoms with Gasteiger partial charge >= 0.3 is 0 Å². The number of aliphatic hydroxyl groups excluding tert-OH is 1. The molecule has 0 amide bonds. The molecule has 1 aliphatic rings. The van der Waals surface area contributed by atoms with Crippen molar-refractivity contribution in [3.63, 3.8) is 0 Å². The van der Waals surface area contributed by atoms with Crippen LogP contribution in [-0.4, -0.2) is 31.1 Å². The van der Waals surface area contributed by atoms with Crippen LogP contribution in [0.4, 0.5) is 4.39 Å². The van der Waals surface area contributed by atoms with Crippen molar-refractivity contribution in [3.05, 3.63) is 29.1 Å². The molecule has 2 N–H and O–H groups in total. The number of aliphatic hydroxyl groups is 1. The maximum atomic E-state index is 13.7. The van der Waals surface area contributed by atoms with Crippen LogP contribution in [-0.2, 0) is 16.6 Å². The van der Waals surface area contributed by atoms with Crippen LogP contribution in [0.5, 0.6) is 0 Å². The molecule has 1 fully saturated rings. The molecule has 1 unspecified atom stereocenters. The lowest BCUT2D eigenvalue weighted by Crippen LogP contribution is -2.35. The Hall–Kier alpha value is -0.630. The molecule has 2 rings (SSSR count). The van der Waals surface area contributed by atoms with Gasteiger partial charge in [0.05, 0.1) is 11.5 Å². The molecule has 1 aromatic rings. The molecule has 0 aliphatic carbocycles. The number of benzene rings is 1. The van der Waals surface area contributed by atoms with E-state index in [-0.39, 0.29) is 28.7 Å². The summed E-state index contributed by atoms with van der Waals surface area (Å²) in [5.74, 6) is 1.05. The molecule has 0 bridgehead atoms. The highest BCUT2D eigenvalue weighted by molar-refractivity contribution is 7.99. The van der Waals surface area contributed by atoms with Crippen LogP contribution in [0.1, 0.15) is 17.5 Å². The molecule has 0 radical (unpaired) electrons. The second-order valence-corrected chi connectivity index (χ2v) is 7.37. The molecule has 1 atom stereocenters. The van der Waals surface area contributed by atoms with Crippen molar-refractivity contribution in [2.24, 2.45) is 0 Å². The van der Waals surface area contributed by atoms with Gasteiger partial charge in [0, 0.05) is 17.4 Å². The topological polar surface area (TPSA) is 66.4 Å². The zero-order valence-electron chi connectivity index (χ0n) is 10.5. The van der Waals surface area contributed by atoms with E-state index in [9.17, 15) is 12.8 Å². The van der Waals surface area contributed by atoms with Gasteiger partial charge in [0.25, 0.3) is 0 Å². The monoisotopic (exact) mass is 305 g/mol. The minimum absolute atomic E-state index is 0.0790. The summed E-state index contributed by atoms with van der Waals surface area (Å²) < 4.78 is 40.8. The van der Waals surface area contributed by atoms with Crippen molar-refractivity contribution in [3.8, 4) is 0 Å². The van der Waals surface area contributed by atoms with Gasteiger partial charge in [0.15, 0.2) is 0 Å². The highest BCUT2D eigenvalue weighted by atomic mass is 32.2. The van der Waals surface area contributed by atoms with Crippen LogP contribution in [0.2, 0.25) is 0 Å². The summed E-state index contributed by atoms with van der Waals surface area (Å²) in [4.78, 5) is -0.0894. The number of hydrogen-bond donors (Lipinski definition) is 2. The molecule has 0 aromatic heterocycles. The second-order valence-electron chi connectivity index (χ2n) is 4.54. The normalized spacial score (nSPS) is 19.8. The number of rotatable bonds is 4. The first-order valence-corrected chi connectivity index (χ1v) is 8.58. The molecular weight excluding hydrogens is 289 g/mol. The lowest BCUT2D eigenvalue weighted by atomic mass is 10.1. The molecule has 0 spiro atoms. The smallest absolute Gasteiger partial charge is 0.241 e. The van der Waals surface area contributed by atoms with Gasteiger partial charge in [-0.25, -0.2) is 17.5 Å². The van der Waals surface area contributed by atoms with Gasteiger partial charge in [-0.05, 0) is 36.8 Å². The second kappa shape index (κ2) is 5.78. The molecule has 4 nitrogen and oxygen atoms in total. The van der Waals surface area contributed by atoms with Crippen LogP contribution in [0, 0.1) is 12.7 Å². The fourth-order valence-corrected chi connectivity index (χ4v) is 4.82. The maximum absolute atomic E-state index is 13.7. The number of hydrogen-bond acceptors (Lipinski definition) is 4. The maximum Gasteiger partial charge on any atom is 0.241 e. The van der Waals surface area contributed by atoms with Crippen molar-refractivity contribution in [1.82, 2.24) is 4.72 Å². The van der Waals surface area contributed by atoms with E-state index in [1.165, 1.54) is 13.0 Å². The molecule has 0 saturated carbocycles. The first kappa shape index (κ1) is 14.8. The summed E-state index contributed by atoms with van der Waals surface area (Å²) in [6.45, 7) is 1.04. The van der Waals surface area contributed by atoms with E-state index >= 15 is 0 Å². The van der Waals surface area contributed by atoms with Gasteiger partial charge in [0.2, 0.25) is 10.0 Å². The van der Waals surface area contributed by atoms with E-state index in [1.807, 2.05) is 0 Å². The van der Waals surface area contributed by atoms with E-state index in [0.717, 1.165) is 24.0 Å². The Morgan fingerprint density at radius 1 is 1.53 bits per heavy atom. The predicted molar refractivity (Wildman–Crippen MR) is 73.1 cm³/mol. The zero-order valence-corrected chi connectivity index (χ0v) is 12.2. The van der Waals surface area contributed by atoms with Gasteiger partial charge < -0.3 is 5.11 Å². The highest BCUT2D eigenvalue weighted by Crippen LogP contribution is 2.23. The third-order valence-corrected chi connectivity index (χ3v) is 5.89. The molecule has 19 heavy (non-hydrogen) atoms. The molecule has 7 heteroatoms. The molecular formula is C12H16FNO3S2. The minimum atomic E-state index is -3.74. The van der Waals surface area contributed by atoms with E-state index < -0.39 is 15.8 Å². The number of sulfonamides is 1. The van der Waals surface area contributed by atoms with Crippen molar-refractivity contribution >= 4 is 21.8 Å². The Morgan fingerprint density at radius 3 is 2.84 bits per heavy atom. The van der Waals surface area contributed by atoms with Crippen molar-refractivity contribution in [2.45, 2.75) is 30.9 Å². The fourth-order valence-electron chi connectivity index (χ4n) is 1.99. The Labute approximate surface area is 116 Å². The Bertz CT molecular complexity index is 569. The third kappa shape index (κ3) is 3.28. The van der Waals surface area contributed by atoms with E-state index in [2.05, 4.69) is 4.72 Å². The molecule has 1 saturated heterocycles. The first-order chi connectivity index (χ1) is 8.94. The van der Waals surface area contributed by atoms with Gasteiger partial charge in [-0.2, -0.15) is 11.8 Å². The average molecular weight is 305 g/mol. The van der Waals surface area contributed by atoms with E-state index in [4.69, 9.17) is 5.11 Å². The predicted octanol–water partition coefficient (Wildman–Crippen LogP) is 1.41. The summed E-state index contributed by atoms with van der Waals surface area (Å²) in [5, 5.41) is 9.04. The van der Waals surface area contributed by atoms with E-state index in [1.54, 1.807) is 11.8 Å². The van der Waals surface area contributed by atoms with Gasteiger partial charge in [-0.1, -0.05) is 0 Å². The fraction of sp³-hybridized carbons (Fsp3) is 0.500. The molecule has 1 heterocycles. The lowest BCUT2D eigenvalue weighted by Gasteiger charge is -2.15. The van der Waals surface area contributed by atoms with Crippen molar-refractivity contribution in [1.29, 1.82) is 0 Å². The minimum Gasteiger partial charge on any atom is -0.392 e. The SMILES string of the molecule is Cc1c(F)cc(CO)cc1S(=O)(=O)NC1CCSC1. The number of thioether (sulfide) groups is 1. The summed E-state index contributed by atoms with van der Waals surface area (Å²) in [7, 11) is -3.74. The summed E-state index contributed by atoms with van der Waals surface area (Å²) in [5.41, 5.74) is 0.333. The summed E-state index contributed by atoms with van der Waals surface area (Å²) in [6.07, 6.45) is 0.783. The van der Waals surface area contributed by atoms with Crippen LogP contribution in [0.3, 0.4) is 0 Å². The lowest BCUT2D eigenvalue weighted by molar-refractivity contribution is 0.281. The Balaban J connectivity index is 2.36. The van der Waals surface area contributed by atoms with Crippen molar-refractivity contribution < 1.29 is 17.9 Å². The van der Waals surface area contributed by atoms with Crippen molar-refractivity contribution in [2.75, 3.05) is 11.5 Å². The average Bonchev–Trinajstić information content (AvgIpc) is 2.84.